The summed E-state index contributed by atoms with van der Waals surface area (Å²) in [5.41, 5.74) is 6.82. The van der Waals surface area contributed by atoms with Crippen LogP contribution in [0.25, 0.3) is 0 Å². The summed E-state index contributed by atoms with van der Waals surface area (Å²) in [5, 5.41) is 16.3. The topological polar surface area (TPSA) is 141 Å². The van der Waals surface area contributed by atoms with Crippen molar-refractivity contribution in [3.05, 3.63) is 22.9 Å². The molecule has 0 unspecified atom stereocenters. The Kier molecular flexibility index (Phi) is 7.42. The molecule has 0 aliphatic carbocycles. The van der Waals surface area contributed by atoms with Crippen LogP contribution >= 0.6 is 11.8 Å². The number of hydrogen-bond donors (Lipinski definition) is 3. The summed E-state index contributed by atoms with van der Waals surface area (Å²) in [6.07, 6.45) is -2.82. The fourth-order valence-electron chi connectivity index (χ4n) is 3.28. The van der Waals surface area contributed by atoms with Gasteiger partial charge in [0.15, 0.2) is 0 Å². The first-order chi connectivity index (χ1) is 14.3. The van der Waals surface area contributed by atoms with Crippen molar-refractivity contribution in [2.24, 2.45) is 11.7 Å². The van der Waals surface area contributed by atoms with Gasteiger partial charge in [0.05, 0.1) is 0 Å². The van der Waals surface area contributed by atoms with Crippen LogP contribution in [0.4, 0.5) is 13.2 Å². The van der Waals surface area contributed by atoms with Crippen LogP contribution in [0, 0.1) is 5.92 Å². The van der Waals surface area contributed by atoms with Gasteiger partial charge in [0.25, 0.3) is 0 Å². The zero-order valence-electron chi connectivity index (χ0n) is 16.7. The summed E-state index contributed by atoms with van der Waals surface area (Å²) >= 11 is 1.44. The van der Waals surface area contributed by atoms with Gasteiger partial charge in [0.1, 0.15) is 17.1 Å². The molecule has 9 nitrogen and oxygen atoms in total. The van der Waals surface area contributed by atoms with Crippen molar-refractivity contribution in [1.29, 1.82) is 0 Å². The lowest BCUT2D eigenvalue weighted by atomic mass is 10.0. The number of β-lactam (4-membered cyclic amide) rings is 1. The Bertz CT molecular complexity index is 855. The number of halogens is 3. The van der Waals surface area contributed by atoms with Gasteiger partial charge < -0.3 is 20.8 Å². The van der Waals surface area contributed by atoms with E-state index in [1.54, 1.807) is 11.0 Å². The number of thioether (sulfide) groups is 1. The number of nitrogens with two attached hydrogens (primary N) is 1. The lowest BCUT2D eigenvalue weighted by Crippen LogP contribution is -2.68. The largest absolute Gasteiger partial charge is 0.490 e. The first-order valence-corrected chi connectivity index (χ1v) is 10.3. The Hall–Kier alpha value is -2.54. The molecule has 0 aromatic carbocycles. The highest BCUT2D eigenvalue weighted by atomic mass is 32.2. The normalized spacial score (nSPS) is 24.8. The Morgan fingerprint density at radius 1 is 1.29 bits per heavy atom. The number of carbonyl (C=O) groups excluding carboxylic acids is 2. The molecule has 0 aromatic rings. The number of hydrogen-bond acceptors (Lipinski definition) is 6. The van der Waals surface area contributed by atoms with Gasteiger partial charge in [-0.2, -0.15) is 13.2 Å². The second-order valence-electron chi connectivity index (χ2n) is 7.48. The van der Waals surface area contributed by atoms with Crippen LogP contribution in [0.1, 0.15) is 20.3 Å². The van der Waals surface area contributed by atoms with Crippen LogP contribution in [0.3, 0.4) is 0 Å². The summed E-state index contributed by atoms with van der Waals surface area (Å²) in [6.45, 7) is 5.45. The number of aliphatic carboxylic acids is 2. The minimum Gasteiger partial charge on any atom is -0.477 e. The number of carboxylic acids is 2. The van der Waals surface area contributed by atoms with E-state index in [1.165, 1.54) is 16.7 Å². The monoisotopic (exact) mass is 465 g/mol. The van der Waals surface area contributed by atoms with Gasteiger partial charge in [-0.3, -0.25) is 14.5 Å². The number of allylic oxidation sites excluding steroid dienone is 1. The molecule has 0 aromatic heterocycles. The predicted molar refractivity (Wildman–Crippen MR) is 104 cm³/mol. The van der Waals surface area contributed by atoms with Crippen LogP contribution < -0.4 is 5.73 Å². The molecule has 13 heteroatoms. The van der Waals surface area contributed by atoms with Gasteiger partial charge in [0.2, 0.25) is 11.8 Å². The van der Waals surface area contributed by atoms with E-state index >= 15 is 0 Å². The van der Waals surface area contributed by atoms with E-state index in [9.17, 15) is 32.7 Å². The standard InChI is InChI=1S/C16H21N3O4S.C2HF3O2/c1-8(2)6-18-4-3-9(13(18)20)5-10-7-24-15-11(17)14(21)19(15)12(10)16(22)23;3-2(4,5)1(6)7/h5,8,11,15H,3-4,6-7,17H2,1-2H3,(H,22,23);(H,6,7)/b9-5+;/t11-,15-;/m1./s1. The number of fused-ring (bicyclic) bond motifs is 1. The van der Waals surface area contributed by atoms with E-state index in [1.807, 2.05) is 0 Å². The van der Waals surface area contributed by atoms with Crippen molar-refractivity contribution in [3.8, 4) is 0 Å². The maximum atomic E-state index is 12.4. The first-order valence-electron chi connectivity index (χ1n) is 9.22. The van der Waals surface area contributed by atoms with Crippen LogP contribution in [-0.2, 0) is 19.2 Å². The fraction of sp³-hybridized carbons (Fsp3) is 0.556. The third kappa shape index (κ3) is 5.39. The summed E-state index contributed by atoms with van der Waals surface area (Å²) < 4.78 is 31.7. The molecular weight excluding hydrogens is 443 g/mol. The molecule has 2 fully saturated rings. The highest BCUT2D eigenvalue weighted by Crippen LogP contribution is 2.40. The maximum absolute atomic E-state index is 12.4. The third-order valence-electron chi connectivity index (χ3n) is 4.63. The smallest absolute Gasteiger partial charge is 0.477 e. The number of amides is 2. The van der Waals surface area contributed by atoms with Crippen LogP contribution in [0.2, 0.25) is 0 Å². The van der Waals surface area contributed by atoms with E-state index in [0.29, 0.717) is 42.3 Å². The molecule has 2 saturated heterocycles. The van der Waals surface area contributed by atoms with Gasteiger partial charge in [-0.15, -0.1) is 11.8 Å². The molecule has 0 spiro atoms. The average molecular weight is 465 g/mol. The van der Waals surface area contributed by atoms with Gasteiger partial charge >= 0.3 is 18.1 Å². The zero-order valence-corrected chi connectivity index (χ0v) is 17.5. The number of carbonyl (C=O) groups is 4. The van der Waals surface area contributed by atoms with Crippen LogP contribution in [0.5, 0.6) is 0 Å². The predicted octanol–water partition coefficient (Wildman–Crippen LogP) is 1.02. The van der Waals surface area contributed by atoms with E-state index < -0.39 is 24.2 Å². The molecule has 0 radical (unpaired) electrons. The van der Waals surface area contributed by atoms with Crippen molar-refractivity contribution in [2.75, 3.05) is 18.8 Å². The lowest BCUT2D eigenvalue weighted by molar-refractivity contribution is -0.192. The Labute approximate surface area is 179 Å². The van der Waals surface area contributed by atoms with E-state index in [2.05, 4.69) is 13.8 Å². The van der Waals surface area contributed by atoms with E-state index in [0.717, 1.165) is 0 Å². The van der Waals surface area contributed by atoms with Crippen LogP contribution in [0.15, 0.2) is 22.9 Å². The minimum atomic E-state index is -5.08. The van der Waals surface area contributed by atoms with Crippen LogP contribution in [-0.4, -0.2) is 80.2 Å². The van der Waals surface area contributed by atoms with Crippen molar-refractivity contribution in [2.45, 2.75) is 37.9 Å². The van der Waals surface area contributed by atoms with Gasteiger partial charge in [-0.1, -0.05) is 13.8 Å². The first kappa shape index (κ1) is 24.7. The quantitative estimate of drug-likeness (QED) is 0.413. The van der Waals surface area contributed by atoms with Gasteiger partial charge in [-0.25, -0.2) is 9.59 Å². The molecule has 3 aliphatic heterocycles. The average Bonchev–Trinajstić information content (AvgIpc) is 2.99. The molecule has 2 atom stereocenters. The van der Waals surface area contributed by atoms with Crippen molar-refractivity contribution in [3.63, 3.8) is 0 Å². The maximum Gasteiger partial charge on any atom is 0.490 e. The molecule has 4 N–H and O–H groups in total. The molecule has 3 rings (SSSR count). The number of rotatable bonds is 4. The summed E-state index contributed by atoms with van der Waals surface area (Å²) in [5.74, 6) is -3.51. The Balaban J connectivity index is 0.000000423. The highest BCUT2D eigenvalue weighted by Gasteiger charge is 2.51. The third-order valence-corrected chi connectivity index (χ3v) is 5.95. The molecule has 3 aliphatic rings. The molecule has 31 heavy (non-hydrogen) atoms. The number of carboxylic acid groups (broad SMARTS) is 2. The summed E-state index contributed by atoms with van der Waals surface area (Å²) in [4.78, 5) is 48.0. The SMILES string of the molecule is CC(C)CN1CC/C(=C\C2=C(C(=O)O)N3C(=O)[C@@H](N)[C@H]3SC2)C1=O.O=C(O)C(F)(F)F. The molecule has 0 bridgehead atoms. The molecule has 2 amide bonds. The van der Waals surface area contributed by atoms with Gasteiger partial charge in [-0.05, 0) is 24.0 Å². The van der Waals surface area contributed by atoms with Gasteiger partial charge in [0, 0.05) is 24.4 Å². The number of likely N-dealkylation sites (tertiary alicyclic amines) is 1. The van der Waals surface area contributed by atoms with Crippen molar-refractivity contribution < 1.29 is 42.6 Å². The van der Waals surface area contributed by atoms with E-state index in [4.69, 9.17) is 15.6 Å². The second-order valence-corrected chi connectivity index (χ2v) is 8.59. The van der Waals surface area contributed by atoms with E-state index in [-0.39, 0.29) is 22.9 Å². The molecule has 3 heterocycles. The summed E-state index contributed by atoms with van der Waals surface area (Å²) in [6, 6.07) is -0.645. The highest BCUT2D eigenvalue weighted by molar-refractivity contribution is 8.00. The molecule has 0 saturated carbocycles. The fourth-order valence-corrected chi connectivity index (χ4v) is 4.53. The zero-order chi connectivity index (χ0) is 23.7. The molecular formula is C18H22F3N3O6S. The van der Waals surface area contributed by atoms with Crippen molar-refractivity contribution in [1.82, 2.24) is 9.80 Å². The molecule has 172 valence electrons. The Morgan fingerprint density at radius 2 is 1.87 bits per heavy atom. The summed E-state index contributed by atoms with van der Waals surface area (Å²) in [7, 11) is 0. The minimum absolute atomic E-state index is 0.0342. The number of alkyl halides is 3. The lowest BCUT2D eigenvalue weighted by Gasteiger charge is -2.47. The van der Waals surface area contributed by atoms with Crippen molar-refractivity contribution >= 4 is 35.5 Å². The number of nitrogens with zero attached hydrogens (tertiary/aromatic N) is 2. The second kappa shape index (κ2) is 9.30. The Morgan fingerprint density at radius 3 is 2.35 bits per heavy atom.